The molecular formula is C14H18ClN3O2. The third kappa shape index (κ3) is 2.46. The van der Waals surface area contributed by atoms with Gasteiger partial charge >= 0.3 is 5.97 Å². The number of aromatic nitrogens is 2. The minimum absolute atomic E-state index is 0.0720. The van der Waals surface area contributed by atoms with Crippen LogP contribution < -0.4 is 5.32 Å². The molecule has 20 heavy (non-hydrogen) atoms. The minimum Gasteiger partial charge on any atom is -0.469 e. The SMILES string of the molecule is COC(=O)[C@H]1C2CCC(CC2)[C@@H]1Nc1cncc(Cl)n1. The molecule has 4 rings (SSSR count). The van der Waals surface area contributed by atoms with E-state index in [1.165, 1.54) is 13.3 Å². The Bertz CT molecular complexity index is 503. The highest BCUT2D eigenvalue weighted by molar-refractivity contribution is 6.29. The van der Waals surface area contributed by atoms with Crippen LogP contribution in [0.1, 0.15) is 25.7 Å². The first-order valence-corrected chi connectivity index (χ1v) is 7.38. The van der Waals surface area contributed by atoms with E-state index in [4.69, 9.17) is 16.3 Å². The second kappa shape index (κ2) is 5.56. The number of halogens is 1. The summed E-state index contributed by atoms with van der Waals surface area (Å²) in [6.45, 7) is 0. The van der Waals surface area contributed by atoms with Crippen molar-refractivity contribution in [3.8, 4) is 0 Å². The van der Waals surface area contributed by atoms with E-state index in [1.54, 1.807) is 6.20 Å². The number of rotatable bonds is 3. The van der Waals surface area contributed by atoms with E-state index < -0.39 is 0 Å². The van der Waals surface area contributed by atoms with E-state index >= 15 is 0 Å². The van der Waals surface area contributed by atoms with Gasteiger partial charge in [-0.3, -0.25) is 9.78 Å². The Labute approximate surface area is 123 Å². The lowest BCUT2D eigenvalue weighted by Crippen LogP contribution is -2.51. The fourth-order valence-corrected chi connectivity index (χ4v) is 3.86. The molecule has 0 unspecified atom stereocenters. The Kier molecular flexibility index (Phi) is 3.78. The fraction of sp³-hybridized carbons (Fsp3) is 0.643. The molecule has 5 nitrogen and oxygen atoms in total. The number of fused-ring (bicyclic) bond motifs is 3. The molecule has 2 bridgehead atoms. The summed E-state index contributed by atoms with van der Waals surface area (Å²) in [6, 6.07) is 0.0720. The van der Waals surface area contributed by atoms with Crippen LogP contribution in [-0.2, 0) is 9.53 Å². The Morgan fingerprint density at radius 2 is 2.00 bits per heavy atom. The summed E-state index contributed by atoms with van der Waals surface area (Å²) in [5.41, 5.74) is 0. The first-order chi connectivity index (χ1) is 9.69. The molecule has 0 amide bonds. The van der Waals surface area contributed by atoms with Crippen molar-refractivity contribution in [2.45, 2.75) is 31.7 Å². The van der Waals surface area contributed by atoms with Crippen molar-refractivity contribution in [2.75, 3.05) is 12.4 Å². The van der Waals surface area contributed by atoms with E-state index in [2.05, 4.69) is 15.3 Å². The standard InChI is InChI=1S/C14H18ClN3O2/c1-20-14(19)12-8-2-4-9(5-3-8)13(12)18-11-7-16-6-10(15)17-11/h6-9,12-13H,2-5H2,1H3,(H,17,18)/t8?,9?,12-,13-/m0/s1. The van der Waals surface area contributed by atoms with Gasteiger partial charge in [0.05, 0.1) is 25.4 Å². The summed E-state index contributed by atoms with van der Waals surface area (Å²) in [5.74, 6) is 1.33. The summed E-state index contributed by atoms with van der Waals surface area (Å²) in [6.07, 6.45) is 7.68. The fourth-order valence-electron chi connectivity index (χ4n) is 3.71. The summed E-state index contributed by atoms with van der Waals surface area (Å²) in [4.78, 5) is 20.3. The largest absolute Gasteiger partial charge is 0.469 e. The van der Waals surface area contributed by atoms with E-state index in [9.17, 15) is 4.79 Å². The van der Waals surface area contributed by atoms with Crippen LogP contribution in [0.5, 0.6) is 0 Å². The van der Waals surface area contributed by atoms with Gasteiger partial charge < -0.3 is 10.1 Å². The van der Waals surface area contributed by atoms with E-state index in [-0.39, 0.29) is 17.9 Å². The monoisotopic (exact) mass is 295 g/mol. The second-order valence-corrected chi connectivity index (χ2v) is 6.01. The van der Waals surface area contributed by atoms with Gasteiger partial charge in [0, 0.05) is 6.04 Å². The average molecular weight is 296 g/mol. The van der Waals surface area contributed by atoms with Crippen LogP contribution in [0.4, 0.5) is 5.82 Å². The highest BCUT2D eigenvalue weighted by Crippen LogP contribution is 2.46. The van der Waals surface area contributed by atoms with Gasteiger partial charge in [-0.15, -0.1) is 0 Å². The highest BCUT2D eigenvalue weighted by Gasteiger charge is 2.47. The number of nitrogens with one attached hydrogen (secondary N) is 1. The molecule has 1 N–H and O–H groups in total. The molecule has 6 heteroatoms. The Balaban J connectivity index is 1.83. The topological polar surface area (TPSA) is 64.1 Å². The zero-order chi connectivity index (χ0) is 14.1. The van der Waals surface area contributed by atoms with Gasteiger partial charge in [0.2, 0.25) is 0 Å². The Hall–Kier alpha value is -1.36. The molecule has 3 fully saturated rings. The maximum Gasteiger partial charge on any atom is 0.311 e. The number of esters is 1. The number of anilines is 1. The average Bonchev–Trinajstić information content (AvgIpc) is 2.47. The lowest BCUT2D eigenvalue weighted by molar-refractivity contribution is -0.152. The van der Waals surface area contributed by atoms with Crippen LogP contribution in [0.2, 0.25) is 5.15 Å². The van der Waals surface area contributed by atoms with Crippen LogP contribution in [-0.4, -0.2) is 29.1 Å². The van der Waals surface area contributed by atoms with E-state index in [1.807, 2.05) is 0 Å². The normalized spacial score (nSPS) is 31.9. The second-order valence-electron chi connectivity index (χ2n) is 5.62. The molecule has 0 radical (unpaired) electrons. The van der Waals surface area contributed by atoms with Crippen LogP contribution in [0.3, 0.4) is 0 Å². The smallest absolute Gasteiger partial charge is 0.311 e. The van der Waals surface area contributed by atoms with Crippen molar-refractivity contribution in [2.24, 2.45) is 17.8 Å². The number of hydrogen-bond acceptors (Lipinski definition) is 5. The van der Waals surface area contributed by atoms with Crippen LogP contribution in [0, 0.1) is 17.8 Å². The number of carbonyl (C=O) groups excluding carboxylic acids is 1. The van der Waals surface area contributed by atoms with Gasteiger partial charge in [-0.2, -0.15) is 0 Å². The third-order valence-corrected chi connectivity index (χ3v) is 4.79. The van der Waals surface area contributed by atoms with Crippen molar-refractivity contribution in [3.05, 3.63) is 17.5 Å². The summed E-state index contributed by atoms with van der Waals surface area (Å²) in [7, 11) is 1.46. The van der Waals surface area contributed by atoms with Crippen molar-refractivity contribution >= 4 is 23.4 Å². The van der Waals surface area contributed by atoms with Crippen LogP contribution >= 0.6 is 11.6 Å². The number of hydrogen-bond donors (Lipinski definition) is 1. The molecule has 0 spiro atoms. The third-order valence-electron chi connectivity index (χ3n) is 4.61. The van der Waals surface area contributed by atoms with Crippen molar-refractivity contribution in [3.63, 3.8) is 0 Å². The van der Waals surface area contributed by atoms with Crippen LogP contribution in [0.15, 0.2) is 12.4 Å². The van der Waals surface area contributed by atoms with E-state index in [0.717, 1.165) is 25.7 Å². The molecule has 3 aliphatic rings. The number of methoxy groups -OCH3 is 1. The van der Waals surface area contributed by atoms with Crippen molar-refractivity contribution in [1.82, 2.24) is 9.97 Å². The zero-order valence-electron chi connectivity index (χ0n) is 11.4. The van der Waals surface area contributed by atoms with Gasteiger partial charge in [0.15, 0.2) is 0 Å². The number of ether oxygens (including phenoxy) is 1. The van der Waals surface area contributed by atoms with Gasteiger partial charge in [-0.05, 0) is 37.5 Å². The summed E-state index contributed by atoms with van der Waals surface area (Å²) >= 11 is 5.86. The van der Waals surface area contributed by atoms with Gasteiger partial charge in [0.1, 0.15) is 11.0 Å². The summed E-state index contributed by atoms with van der Waals surface area (Å²) < 4.78 is 4.99. The van der Waals surface area contributed by atoms with Crippen molar-refractivity contribution in [1.29, 1.82) is 0 Å². The Morgan fingerprint density at radius 1 is 1.30 bits per heavy atom. The molecule has 1 aromatic rings. The first kappa shape index (κ1) is 13.6. The quantitative estimate of drug-likeness (QED) is 0.868. The lowest BCUT2D eigenvalue weighted by Gasteiger charge is -2.47. The molecule has 0 aromatic carbocycles. The molecule has 0 saturated heterocycles. The Morgan fingerprint density at radius 3 is 2.65 bits per heavy atom. The first-order valence-electron chi connectivity index (χ1n) is 7.01. The lowest BCUT2D eigenvalue weighted by atomic mass is 9.61. The highest BCUT2D eigenvalue weighted by atomic mass is 35.5. The van der Waals surface area contributed by atoms with Crippen LogP contribution in [0.25, 0.3) is 0 Å². The molecule has 0 aliphatic heterocycles. The summed E-state index contributed by atoms with van der Waals surface area (Å²) in [5, 5.41) is 3.71. The molecule has 1 aromatic heterocycles. The minimum atomic E-state index is -0.119. The van der Waals surface area contributed by atoms with Crippen molar-refractivity contribution < 1.29 is 9.53 Å². The molecular weight excluding hydrogens is 278 g/mol. The maximum atomic E-state index is 12.1. The van der Waals surface area contributed by atoms with Gasteiger partial charge in [0.25, 0.3) is 0 Å². The predicted octanol–water partition coefficient (Wildman–Crippen LogP) is 2.52. The predicted molar refractivity (Wildman–Crippen MR) is 75.4 cm³/mol. The molecule has 3 aliphatic carbocycles. The van der Waals surface area contributed by atoms with Gasteiger partial charge in [-0.1, -0.05) is 11.6 Å². The number of carbonyl (C=O) groups is 1. The molecule has 1 heterocycles. The van der Waals surface area contributed by atoms with E-state index in [0.29, 0.717) is 22.8 Å². The molecule has 3 saturated carbocycles. The zero-order valence-corrected chi connectivity index (χ0v) is 12.1. The molecule has 2 atom stereocenters. The maximum absolute atomic E-state index is 12.1. The molecule has 108 valence electrons. The van der Waals surface area contributed by atoms with Gasteiger partial charge in [-0.25, -0.2) is 4.98 Å². The number of nitrogens with zero attached hydrogens (tertiary/aromatic N) is 2.